The molecule has 0 radical (unpaired) electrons. The van der Waals surface area contributed by atoms with Crippen molar-refractivity contribution < 1.29 is 19.1 Å². The summed E-state index contributed by atoms with van der Waals surface area (Å²) in [5.74, 6) is 1.12. The maximum atomic E-state index is 11.7. The Balaban J connectivity index is 0.00000392. The van der Waals surface area contributed by atoms with Gasteiger partial charge in [0.05, 0.1) is 19.9 Å². The van der Waals surface area contributed by atoms with Gasteiger partial charge in [-0.1, -0.05) is 0 Å². The van der Waals surface area contributed by atoms with Crippen LogP contribution in [0.3, 0.4) is 0 Å². The molecule has 156 valence electrons. The van der Waals surface area contributed by atoms with E-state index in [-0.39, 0.29) is 37.1 Å². The summed E-state index contributed by atoms with van der Waals surface area (Å²) in [7, 11) is 3.13. The monoisotopic (exact) mass is 505 g/mol. The number of rotatable bonds is 7. The smallest absolute Gasteiger partial charge is 0.341 e. The van der Waals surface area contributed by atoms with Gasteiger partial charge < -0.3 is 24.9 Å². The largest absolute Gasteiger partial charge is 0.465 e. The molecule has 0 aliphatic carbocycles. The summed E-state index contributed by atoms with van der Waals surface area (Å²) in [4.78, 5) is 16.1. The predicted octanol–water partition coefficient (Wildman–Crippen LogP) is 1.69. The number of esters is 1. The van der Waals surface area contributed by atoms with Crippen molar-refractivity contribution in [3.63, 3.8) is 0 Å². The fraction of sp³-hybridized carbons (Fsp3) is 0.500. The first kappa shape index (κ1) is 24.0. The molecule has 3 N–H and O–H groups in total. The number of aromatic nitrogens is 2. The number of halogens is 1. The Bertz CT molecular complexity index is 813. The second kappa shape index (κ2) is 10.5. The fourth-order valence-electron chi connectivity index (χ4n) is 2.49. The molecule has 10 heteroatoms. The molecule has 0 saturated heterocycles. The molecule has 9 nitrogen and oxygen atoms in total. The van der Waals surface area contributed by atoms with Gasteiger partial charge in [0, 0.05) is 25.4 Å². The van der Waals surface area contributed by atoms with Crippen LogP contribution in [0.4, 0.5) is 0 Å². The Hall–Kier alpha value is -2.08. The van der Waals surface area contributed by atoms with Gasteiger partial charge in [0.2, 0.25) is 0 Å². The van der Waals surface area contributed by atoms with E-state index in [1.807, 2.05) is 6.92 Å². The maximum Gasteiger partial charge on any atom is 0.341 e. The van der Waals surface area contributed by atoms with E-state index in [1.165, 1.54) is 7.11 Å². The highest BCUT2D eigenvalue weighted by molar-refractivity contribution is 14.0. The predicted molar refractivity (Wildman–Crippen MR) is 116 cm³/mol. The highest BCUT2D eigenvalue weighted by atomic mass is 127. The topological polar surface area (TPSA) is 114 Å². The van der Waals surface area contributed by atoms with Crippen molar-refractivity contribution in [1.82, 2.24) is 20.4 Å². The van der Waals surface area contributed by atoms with Crippen LogP contribution in [0.25, 0.3) is 0 Å². The van der Waals surface area contributed by atoms with Gasteiger partial charge in [0.15, 0.2) is 5.96 Å². The molecule has 0 spiro atoms. The normalized spacial score (nSPS) is 13.4. The Labute approximate surface area is 181 Å². The van der Waals surface area contributed by atoms with E-state index in [2.05, 4.69) is 20.7 Å². The summed E-state index contributed by atoms with van der Waals surface area (Å²) in [6, 6.07) is 1.63. The Morgan fingerprint density at radius 3 is 2.75 bits per heavy atom. The van der Waals surface area contributed by atoms with Gasteiger partial charge in [-0.3, -0.25) is 4.68 Å². The molecular formula is C18H28IN5O4. The summed E-state index contributed by atoms with van der Waals surface area (Å²) in [6.45, 7) is 6.50. The lowest BCUT2D eigenvalue weighted by Gasteiger charge is -2.23. The molecule has 0 aliphatic heterocycles. The fourth-order valence-corrected chi connectivity index (χ4v) is 2.49. The Kier molecular flexibility index (Phi) is 8.95. The van der Waals surface area contributed by atoms with Gasteiger partial charge in [-0.2, -0.15) is 5.10 Å². The van der Waals surface area contributed by atoms with Crippen LogP contribution < -0.4 is 10.6 Å². The van der Waals surface area contributed by atoms with Gasteiger partial charge >= 0.3 is 5.97 Å². The van der Waals surface area contributed by atoms with E-state index in [4.69, 9.17) is 9.15 Å². The van der Waals surface area contributed by atoms with Crippen LogP contribution in [0.5, 0.6) is 0 Å². The van der Waals surface area contributed by atoms with Crippen molar-refractivity contribution in [2.75, 3.05) is 20.2 Å². The van der Waals surface area contributed by atoms with Crippen molar-refractivity contribution in [1.29, 1.82) is 0 Å². The SMILES string of the molecule is CCNC(=NCc1cc(C(=O)OC)c(C)o1)NCC(C)(O)c1cnn(C)c1.I. The number of methoxy groups -OCH3 is 1. The summed E-state index contributed by atoms with van der Waals surface area (Å²) in [6.07, 6.45) is 3.40. The van der Waals surface area contributed by atoms with Crippen LogP contribution in [-0.2, 0) is 23.9 Å². The molecule has 1 unspecified atom stereocenters. The van der Waals surface area contributed by atoms with Crippen molar-refractivity contribution in [3.8, 4) is 0 Å². The van der Waals surface area contributed by atoms with Crippen molar-refractivity contribution in [3.05, 3.63) is 41.1 Å². The third-order valence-corrected chi connectivity index (χ3v) is 4.04. The lowest BCUT2D eigenvalue weighted by atomic mass is 10.00. The number of ether oxygens (including phenoxy) is 1. The first-order chi connectivity index (χ1) is 12.8. The average Bonchev–Trinajstić information content (AvgIpc) is 3.23. The average molecular weight is 505 g/mol. The van der Waals surface area contributed by atoms with Crippen molar-refractivity contribution in [2.24, 2.45) is 12.0 Å². The van der Waals surface area contributed by atoms with Crippen LogP contribution in [-0.4, -0.2) is 47.0 Å². The van der Waals surface area contributed by atoms with E-state index in [0.717, 1.165) is 0 Å². The molecule has 0 amide bonds. The van der Waals surface area contributed by atoms with E-state index in [1.54, 1.807) is 44.0 Å². The molecule has 2 aromatic heterocycles. The number of hydrogen-bond acceptors (Lipinski definition) is 6. The van der Waals surface area contributed by atoms with Gasteiger partial charge in [-0.15, -0.1) is 24.0 Å². The molecular weight excluding hydrogens is 477 g/mol. The minimum absolute atomic E-state index is 0. The number of aryl methyl sites for hydroxylation is 2. The molecule has 0 aromatic carbocycles. The summed E-state index contributed by atoms with van der Waals surface area (Å²) in [5, 5.41) is 21.0. The molecule has 28 heavy (non-hydrogen) atoms. The second-order valence-corrected chi connectivity index (χ2v) is 6.40. The molecule has 2 rings (SSSR count). The van der Waals surface area contributed by atoms with Gasteiger partial charge in [0.25, 0.3) is 0 Å². The number of aliphatic imine (C=N–C) groups is 1. The standard InChI is InChI=1S/C18H27N5O4.HI/c1-6-19-17(21-11-18(3,25)13-8-22-23(4)10-13)20-9-14-7-15(12(2)27-14)16(24)26-5;/h7-8,10,25H,6,9,11H2,1-5H3,(H2,19,20,21);1H. The van der Waals surface area contributed by atoms with Crippen LogP contribution in [0.1, 0.15) is 41.3 Å². The number of furan rings is 1. The van der Waals surface area contributed by atoms with Crippen LogP contribution in [0.2, 0.25) is 0 Å². The quantitative estimate of drug-likeness (QED) is 0.227. The molecule has 0 fully saturated rings. The Morgan fingerprint density at radius 1 is 1.46 bits per heavy atom. The molecule has 0 saturated carbocycles. The second-order valence-electron chi connectivity index (χ2n) is 6.40. The lowest BCUT2D eigenvalue weighted by Crippen LogP contribution is -2.44. The number of aliphatic hydroxyl groups is 1. The van der Waals surface area contributed by atoms with Crippen LogP contribution in [0, 0.1) is 6.92 Å². The van der Waals surface area contributed by atoms with Gasteiger partial charge in [0.1, 0.15) is 29.2 Å². The van der Waals surface area contributed by atoms with E-state index in [0.29, 0.717) is 35.2 Å². The first-order valence-electron chi connectivity index (χ1n) is 8.68. The minimum atomic E-state index is -1.11. The molecule has 0 bridgehead atoms. The Morgan fingerprint density at radius 2 is 2.18 bits per heavy atom. The number of hydrogen-bond donors (Lipinski definition) is 3. The van der Waals surface area contributed by atoms with Crippen LogP contribution >= 0.6 is 24.0 Å². The summed E-state index contributed by atoms with van der Waals surface area (Å²) < 4.78 is 11.9. The molecule has 2 heterocycles. The number of guanidine groups is 1. The van der Waals surface area contributed by atoms with E-state index < -0.39 is 11.6 Å². The number of nitrogens with one attached hydrogen (secondary N) is 2. The molecule has 2 aromatic rings. The van der Waals surface area contributed by atoms with Crippen LogP contribution in [0.15, 0.2) is 27.9 Å². The van der Waals surface area contributed by atoms with Gasteiger partial charge in [-0.25, -0.2) is 9.79 Å². The lowest BCUT2D eigenvalue weighted by molar-refractivity contribution is 0.0597. The first-order valence-corrected chi connectivity index (χ1v) is 8.68. The molecule has 1 atom stereocenters. The minimum Gasteiger partial charge on any atom is -0.465 e. The third kappa shape index (κ3) is 6.23. The van der Waals surface area contributed by atoms with Crippen molar-refractivity contribution >= 4 is 35.9 Å². The number of carbonyl (C=O) groups excluding carboxylic acids is 1. The number of nitrogens with zero attached hydrogens (tertiary/aromatic N) is 3. The van der Waals surface area contributed by atoms with Gasteiger partial charge in [-0.05, 0) is 26.8 Å². The highest BCUT2D eigenvalue weighted by Gasteiger charge is 2.25. The maximum absolute atomic E-state index is 11.7. The van der Waals surface area contributed by atoms with E-state index >= 15 is 0 Å². The zero-order chi connectivity index (χ0) is 20.0. The highest BCUT2D eigenvalue weighted by Crippen LogP contribution is 2.19. The number of carbonyl (C=O) groups is 1. The zero-order valence-corrected chi connectivity index (χ0v) is 19.1. The van der Waals surface area contributed by atoms with Crippen molar-refractivity contribution in [2.45, 2.75) is 32.9 Å². The summed E-state index contributed by atoms with van der Waals surface area (Å²) in [5.41, 5.74) is -0.0121. The molecule has 0 aliphatic rings. The summed E-state index contributed by atoms with van der Waals surface area (Å²) >= 11 is 0. The zero-order valence-electron chi connectivity index (χ0n) is 16.8. The third-order valence-electron chi connectivity index (χ3n) is 4.04. The van der Waals surface area contributed by atoms with E-state index in [9.17, 15) is 9.90 Å².